The molecule has 2 aliphatic rings. The average Bonchev–Trinajstić information content (AvgIpc) is 3.52. The van der Waals surface area contributed by atoms with Crippen molar-refractivity contribution in [2.75, 3.05) is 39.3 Å². The van der Waals surface area contributed by atoms with Crippen LogP contribution in [-0.2, 0) is 11.3 Å². The minimum absolute atomic E-state index is 0.176. The molecule has 2 unspecified atom stereocenters. The zero-order chi connectivity index (χ0) is 18.5. The van der Waals surface area contributed by atoms with Gasteiger partial charge in [0.2, 0.25) is 5.91 Å². The van der Waals surface area contributed by atoms with Crippen LogP contribution in [0.25, 0.3) is 0 Å². The lowest BCUT2D eigenvalue weighted by Gasteiger charge is -2.34. The first-order valence-corrected chi connectivity index (χ1v) is 10.1. The summed E-state index contributed by atoms with van der Waals surface area (Å²) in [6.45, 7) is 7.11. The number of carbonyl (C=O) groups excluding carboxylic acids is 1. The van der Waals surface area contributed by atoms with Crippen molar-refractivity contribution in [3.63, 3.8) is 0 Å². The number of nitrogens with one attached hydrogen (secondary N) is 1. The van der Waals surface area contributed by atoms with Gasteiger partial charge < -0.3 is 5.32 Å². The van der Waals surface area contributed by atoms with Gasteiger partial charge in [0.25, 0.3) is 0 Å². The third kappa shape index (κ3) is 4.96. The van der Waals surface area contributed by atoms with E-state index >= 15 is 0 Å². The Kier molecular flexibility index (Phi) is 5.85. The highest BCUT2D eigenvalue weighted by Gasteiger charge is 2.43. The molecule has 1 aliphatic heterocycles. The van der Waals surface area contributed by atoms with E-state index in [9.17, 15) is 4.79 Å². The number of carbonyl (C=O) groups is 1. The van der Waals surface area contributed by atoms with Crippen LogP contribution >= 0.6 is 0 Å². The van der Waals surface area contributed by atoms with Crippen molar-refractivity contribution in [3.8, 4) is 0 Å². The maximum absolute atomic E-state index is 12.3. The number of piperazine rings is 1. The van der Waals surface area contributed by atoms with Gasteiger partial charge >= 0.3 is 0 Å². The molecule has 0 radical (unpaired) electrons. The molecule has 1 amide bonds. The van der Waals surface area contributed by atoms with Crippen LogP contribution < -0.4 is 5.32 Å². The minimum atomic E-state index is 0.176. The Morgan fingerprint density at radius 2 is 1.52 bits per heavy atom. The maximum atomic E-state index is 12.3. The monoisotopic (exact) mass is 363 g/mol. The summed E-state index contributed by atoms with van der Waals surface area (Å²) in [7, 11) is 0. The summed E-state index contributed by atoms with van der Waals surface area (Å²) in [4.78, 5) is 17.3. The molecule has 0 aromatic heterocycles. The van der Waals surface area contributed by atoms with Crippen molar-refractivity contribution >= 4 is 5.91 Å². The van der Waals surface area contributed by atoms with E-state index in [-0.39, 0.29) is 11.8 Å². The van der Waals surface area contributed by atoms with Gasteiger partial charge in [0.15, 0.2) is 0 Å². The molecule has 1 aliphatic carbocycles. The number of amides is 1. The van der Waals surface area contributed by atoms with Crippen LogP contribution in [0, 0.1) is 5.92 Å². The minimum Gasteiger partial charge on any atom is -0.355 e. The zero-order valence-electron chi connectivity index (χ0n) is 15.9. The Balaban J connectivity index is 1.12. The first-order valence-electron chi connectivity index (χ1n) is 10.1. The molecule has 0 spiro atoms. The lowest BCUT2D eigenvalue weighted by atomic mass is 10.1. The molecule has 4 rings (SSSR count). The molecule has 1 heterocycles. The van der Waals surface area contributed by atoms with Crippen LogP contribution in [0.3, 0.4) is 0 Å². The Labute approximate surface area is 162 Å². The number of nitrogens with zero attached hydrogens (tertiary/aromatic N) is 2. The summed E-state index contributed by atoms with van der Waals surface area (Å²) in [6, 6.07) is 21.1. The van der Waals surface area contributed by atoms with Crippen molar-refractivity contribution in [1.29, 1.82) is 0 Å². The van der Waals surface area contributed by atoms with Crippen LogP contribution in [-0.4, -0.2) is 55.0 Å². The van der Waals surface area contributed by atoms with Gasteiger partial charge in [-0.15, -0.1) is 0 Å². The molecule has 1 saturated carbocycles. The zero-order valence-corrected chi connectivity index (χ0v) is 15.9. The van der Waals surface area contributed by atoms with E-state index in [1.807, 2.05) is 6.07 Å². The smallest absolute Gasteiger partial charge is 0.223 e. The van der Waals surface area contributed by atoms with E-state index in [0.29, 0.717) is 5.92 Å². The highest BCUT2D eigenvalue weighted by atomic mass is 16.2. The SMILES string of the molecule is O=C(NCCN1CCN(Cc2ccccc2)CC1)C1CC1c1ccccc1. The van der Waals surface area contributed by atoms with Gasteiger partial charge in [-0.3, -0.25) is 14.6 Å². The van der Waals surface area contributed by atoms with Crippen molar-refractivity contribution in [3.05, 3.63) is 71.8 Å². The fraction of sp³-hybridized carbons (Fsp3) is 0.435. The summed E-state index contributed by atoms with van der Waals surface area (Å²) in [5.74, 6) is 0.828. The highest BCUT2D eigenvalue weighted by Crippen LogP contribution is 2.47. The maximum Gasteiger partial charge on any atom is 0.223 e. The summed E-state index contributed by atoms with van der Waals surface area (Å²) < 4.78 is 0. The largest absolute Gasteiger partial charge is 0.355 e. The molecule has 2 aromatic rings. The van der Waals surface area contributed by atoms with E-state index in [4.69, 9.17) is 0 Å². The van der Waals surface area contributed by atoms with Gasteiger partial charge in [-0.1, -0.05) is 60.7 Å². The summed E-state index contributed by atoms with van der Waals surface area (Å²) in [5.41, 5.74) is 2.68. The van der Waals surface area contributed by atoms with Gasteiger partial charge in [-0.2, -0.15) is 0 Å². The van der Waals surface area contributed by atoms with Crippen LogP contribution in [0.1, 0.15) is 23.5 Å². The molecular weight excluding hydrogens is 334 g/mol. The van der Waals surface area contributed by atoms with Crippen LogP contribution in [0.4, 0.5) is 0 Å². The van der Waals surface area contributed by atoms with Crippen molar-refractivity contribution in [2.45, 2.75) is 18.9 Å². The molecule has 4 heteroatoms. The second-order valence-electron chi connectivity index (χ2n) is 7.75. The molecule has 4 nitrogen and oxygen atoms in total. The predicted octanol–water partition coefficient (Wildman–Crippen LogP) is 2.72. The lowest BCUT2D eigenvalue weighted by Crippen LogP contribution is -2.48. The van der Waals surface area contributed by atoms with Crippen LogP contribution in [0.15, 0.2) is 60.7 Å². The van der Waals surface area contributed by atoms with Gasteiger partial charge in [0.1, 0.15) is 0 Å². The summed E-state index contributed by atoms with van der Waals surface area (Å²) in [6.07, 6.45) is 0.994. The Bertz CT molecular complexity index is 726. The standard InChI is InChI=1S/C23H29N3O/c27-23(22-17-21(22)20-9-5-2-6-10-20)24-11-12-25-13-15-26(16-14-25)18-19-7-3-1-4-8-19/h1-10,21-22H,11-18H2,(H,24,27). The third-order valence-electron chi connectivity index (χ3n) is 5.80. The van der Waals surface area contributed by atoms with Crippen molar-refractivity contribution in [2.24, 2.45) is 5.92 Å². The molecule has 2 aromatic carbocycles. The van der Waals surface area contributed by atoms with Crippen molar-refractivity contribution < 1.29 is 4.79 Å². The van der Waals surface area contributed by atoms with E-state index in [0.717, 1.165) is 52.2 Å². The first kappa shape index (κ1) is 18.2. The van der Waals surface area contributed by atoms with Crippen LogP contribution in [0.2, 0.25) is 0 Å². The quantitative estimate of drug-likeness (QED) is 0.822. The normalized spacial score (nSPS) is 23.1. The van der Waals surface area contributed by atoms with Gasteiger partial charge in [0, 0.05) is 51.7 Å². The van der Waals surface area contributed by atoms with E-state index in [1.165, 1.54) is 11.1 Å². The molecule has 27 heavy (non-hydrogen) atoms. The molecule has 142 valence electrons. The van der Waals surface area contributed by atoms with E-state index in [2.05, 4.69) is 69.7 Å². The molecule has 0 bridgehead atoms. The fourth-order valence-electron chi connectivity index (χ4n) is 4.03. The lowest BCUT2D eigenvalue weighted by molar-refractivity contribution is -0.122. The molecule has 1 N–H and O–H groups in total. The Hall–Kier alpha value is -2.17. The molecule has 2 fully saturated rings. The van der Waals surface area contributed by atoms with Gasteiger partial charge in [-0.05, 0) is 23.5 Å². The topological polar surface area (TPSA) is 35.6 Å². The fourth-order valence-corrected chi connectivity index (χ4v) is 4.03. The van der Waals surface area contributed by atoms with Crippen molar-refractivity contribution in [1.82, 2.24) is 15.1 Å². The highest BCUT2D eigenvalue weighted by molar-refractivity contribution is 5.82. The average molecular weight is 364 g/mol. The summed E-state index contributed by atoms with van der Waals surface area (Å²) >= 11 is 0. The van der Waals surface area contributed by atoms with E-state index < -0.39 is 0 Å². The second kappa shape index (κ2) is 8.68. The van der Waals surface area contributed by atoms with Gasteiger partial charge in [-0.25, -0.2) is 0 Å². The first-order chi connectivity index (χ1) is 13.3. The number of hydrogen-bond donors (Lipinski definition) is 1. The van der Waals surface area contributed by atoms with E-state index in [1.54, 1.807) is 0 Å². The second-order valence-corrected chi connectivity index (χ2v) is 7.75. The molecule has 1 saturated heterocycles. The molecular formula is C23H29N3O. The third-order valence-corrected chi connectivity index (χ3v) is 5.80. The van der Waals surface area contributed by atoms with Crippen LogP contribution in [0.5, 0.6) is 0 Å². The Morgan fingerprint density at radius 3 is 2.22 bits per heavy atom. The summed E-state index contributed by atoms with van der Waals surface area (Å²) in [5, 5.41) is 3.15. The number of rotatable bonds is 7. The van der Waals surface area contributed by atoms with Gasteiger partial charge in [0.05, 0.1) is 0 Å². The number of benzene rings is 2. The molecule has 2 atom stereocenters. The predicted molar refractivity (Wildman–Crippen MR) is 108 cm³/mol. The number of hydrogen-bond acceptors (Lipinski definition) is 3. The Morgan fingerprint density at radius 1 is 0.889 bits per heavy atom.